The number of aromatic carboxylic acids is 1. The number of aryl methyl sites for hydroxylation is 3. The largest absolute Gasteiger partial charge is 0.478 e. The van der Waals surface area contributed by atoms with E-state index in [0.29, 0.717) is 0 Å². The summed E-state index contributed by atoms with van der Waals surface area (Å²) in [6.07, 6.45) is 16.4. The molecule has 5 aliphatic heterocycles. The molecule has 6 heteroatoms. The van der Waals surface area contributed by atoms with E-state index in [4.69, 9.17) is 20.0 Å². The molecule has 1 N–H and O–H groups in total. The van der Waals surface area contributed by atoms with Crippen LogP contribution in [0.2, 0.25) is 0 Å². The van der Waals surface area contributed by atoms with E-state index in [1.165, 1.54) is 5.56 Å². The molecular weight excluding hydrogens is 665 g/mol. The highest BCUT2D eigenvalue weighted by molar-refractivity contribution is 6.39. The highest BCUT2D eigenvalue weighted by atomic mass is 16.4. The second kappa shape index (κ2) is 13.2. The summed E-state index contributed by atoms with van der Waals surface area (Å²) in [7, 11) is 0. The highest BCUT2D eigenvalue weighted by Crippen LogP contribution is 2.38. The topological polar surface area (TPSA) is 86.7 Å². The van der Waals surface area contributed by atoms with E-state index in [1.807, 2.05) is 36.4 Å². The lowest BCUT2D eigenvalue weighted by Gasteiger charge is -2.13. The first-order chi connectivity index (χ1) is 26.3. The molecule has 9 rings (SSSR count). The Morgan fingerprint density at radius 2 is 0.611 bits per heavy atom. The second-order valence-corrected chi connectivity index (χ2v) is 13.8. The van der Waals surface area contributed by atoms with Gasteiger partial charge in [-0.3, -0.25) is 0 Å². The van der Waals surface area contributed by atoms with Crippen LogP contribution >= 0.6 is 0 Å². The first-order valence-corrected chi connectivity index (χ1v) is 17.9. The molecule has 0 spiro atoms. The Hall–Kier alpha value is -7.05. The summed E-state index contributed by atoms with van der Waals surface area (Å²) in [5, 5.41) is 9.67. The van der Waals surface area contributed by atoms with Gasteiger partial charge in [-0.2, -0.15) is 0 Å². The molecular formula is C48H34N4O2. The molecule has 5 aliphatic rings. The molecule has 0 amide bonds. The number of nitrogens with zero attached hydrogens (tertiary/aromatic N) is 4. The van der Waals surface area contributed by atoms with E-state index < -0.39 is 5.97 Å². The lowest BCUT2D eigenvalue weighted by molar-refractivity contribution is 0.0697. The van der Waals surface area contributed by atoms with Crippen molar-refractivity contribution in [3.05, 3.63) is 213 Å². The smallest absolute Gasteiger partial charge is 0.335 e. The Labute approximate surface area is 313 Å². The maximum atomic E-state index is 11.8. The Bertz CT molecular complexity index is 2640. The SMILES string of the molecule is Cc1ccc(C2=C3C=CC(=N3)C(c3ccc(C)cc3)=C3C=CC(=N3)C(c3ccc(C(=O)O)cc3)=C3C=CC(=N3)C(c3ccc(C)cc3)=C3C=CC2=N3)cc1. The van der Waals surface area contributed by atoms with Crippen LogP contribution in [0.1, 0.15) is 49.3 Å². The predicted molar refractivity (Wildman–Crippen MR) is 221 cm³/mol. The summed E-state index contributed by atoms with van der Waals surface area (Å²) in [5.74, 6) is -0.979. The highest BCUT2D eigenvalue weighted by Gasteiger charge is 2.27. The van der Waals surface area contributed by atoms with Gasteiger partial charge in [-0.25, -0.2) is 24.8 Å². The lowest BCUT2D eigenvalue weighted by atomic mass is 9.97. The molecule has 0 saturated heterocycles. The van der Waals surface area contributed by atoms with Gasteiger partial charge in [-0.1, -0.05) is 102 Å². The standard InChI is InChI=1S/C48H34N4O2/c1-28-4-10-31(11-5-28)44-36-20-22-38(49-36)45(32-12-6-29(2)7-13-32)40-24-26-42(51-40)47(34-16-18-35(19-17-34)48(53)54)43-27-25-41(52-43)46(39-23-21-37(44)50-39)33-14-8-30(3)9-15-33/h4-27H,1-3H3,(H,53,54). The van der Waals surface area contributed by atoms with Crippen LogP contribution in [0, 0.1) is 20.8 Å². The summed E-state index contributed by atoms with van der Waals surface area (Å²) in [6, 6.07) is 32.3. The Morgan fingerprint density at radius 3 is 0.852 bits per heavy atom. The van der Waals surface area contributed by atoms with Gasteiger partial charge in [0.05, 0.1) is 51.2 Å². The Balaban J connectivity index is 1.36. The summed E-state index contributed by atoms with van der Waals surface area (Å²) in [6.45, 7) is 6.25. The molecule has 5 heterocycles. The molecule has 6 nitrogen and oxygen atoms in total. The van der Waals surface area contributed by atoms with Crippen molar-refractivity contribution in [2.24, 2.45) is 20.0 Å². The van der Waals surface area contributed by atoms with Crippen molar-refractivity contribution in [2.45, 2.75) is 20.8 Å². The quantitative estimate of drug-likeness (QED) is 0.225. The maximum absolute atomic E-state index is 11.8. The predicted octanol–water partition coefficient (Wildman–Crippen LogP) is 10.3. The average Bonchev–Trinajstić information content (AvgIpc) is 4.02. The van der Waals surface area contributed by atoms with E-state index in [2.05, 4.69) is 118 Å². The average molecular weight is 699 g/mol. The van der Waals surface area contributed by atoms with Gasteiger partial charge in [0, 0.05) is 22.3 Å². The van der Waals surface area contributed by atoms with Crippen LogP contribution in [-0.2, 0) is 0 Å². The zero-order valence-electron chi connectivity index (χ0n) is 30.0. The Kier molecular flexibility index (Phi) is 8.01. The summed E-state index contributed by atoms with van der Waals surface area (Å²) in [4.78, 5) is 33.1. The van der Waals surface area contributed by atoms with Gasteiger partial charge in [-0.15, -0.1) is 0 Å². The van der Waals surface area contributed by atoms with Gasteiger partial charge >= 0.3 is 5.97 Å². The maximum Gasteiger partial charge on any atom is 0.335 e. The van der Waals surface area contributed by atoms with E-state index in [9.17, 15) is 9.90 Å². The summed E-state index contributed by atoms with van der Waals surface area (Å²) >= 11 is 0. The van der Waals surface area contributed by atoms with Crippen LogP contribution in [0.5, 0.6) is 0 Å². The van der Waals surface area contributed by atoms with Gasteiger partial charge in [-0.05, 0) is 104 Å². The van der Waals surface area contributed by atoms with E-state index >= 15 is 0 Å². The minimum atomic E-state index is -0.979. The molecule has 0 aliphatic carbocycles. The molecule has 0 atom stereocenters. The van der Waals surface area contributed by atoms with Crippen LogP contribution < -0.4 is 0 Å². The van der Waals surface area contributed by atoms with E-state index in [1.54, 1.807) is 12.1 Å². The van der Waals surface area contributed by atoms with Crippen molar-refractivity contribution in [1.82, 2.24) is 0 Å². The number of hydrogen-bond donors (Lipinski definition) is 1. The van der Waals surface area contributed by atoms with Crippen LogP contribution in [0.25, 0.3) is 22.3 Å². The number of carbonyl (C=O) groups is 1. The minimum Gasteiger partial charge on any atom is -0.478 e. The number of carboxylic acid groups (broad SMARTS) is 1. The fourth-order valence-corrected chi connectivity index (χ4v) is 7.21. The first kappa shape index (κ1) is 32.8. The molecule has 0 saturated carbocycles. The van der Waals surface area contributed by atoms with Crippen molar-refractivity contribution in [1.29, 1.82) is 0 Å². The number of benzene rings is 4. The third kappa shape index (κ3) is 5.94. The number of aliphatic imine (C=N–C) groups is 4. The van der Waals surface area contributed by atoms with Gasteiger partial charge < -0.3 is 5.11 Å². The zero-order valence-corrected chi connectivity index (χ0v) is 30.0. The number of allylic oxidation sites excluding steroid dienone is 12. The van der Waals surface area contributed by atoms with Crippen molar-refractivity contribution < 1.29 is 9.90 Å². The van der Waals surface area contributed by atoms with Crippen molar-refractivity contribution in [3.8, 4) is 0 Å². The number of hydrogen-bond acceptors (Lipinski definition) is 5. The molecule has 8 bridgehead atoms. The number of fused-ring (bicyclic) bond motifs is 4. The molecule has 4 aromatic carbocycles. The number of carboxylic acids is 1. The molecule has 54 heavy (non-hydrogen) atoms. The fourth-order valence-electron chi connectivity index (χ4n) is 7.21. The molecule has 0 fully saturated rings. The van der Waals surface area contributed by atoms with Crippen molar-refractivity contribution in [3.63, 3.8) is 0 Å². The summed E-state index contributed by atoms with van der Waals surface area (Å²) < 4.78 is 0. The van der Waals surface area contributed by atoms with Crippen LogP contribution in [0.15, 0.2) is 188 Å². The van der Waals surface area contributed by atoms with Crippen LogP contribution in [-0.4, -0.2) is 33.9 Å². The Morgan fingerprint density at radius 1 is 0.370 bits per heavy atom. The lowest BCUT2D eigenvalue weighted by Crippen LogP contribution is -2.04. The molecule has 258 valence electrons. The third-order valence-corrected chi connectivity index (χ3v) is 10.1. The van der Waals surface area contributed by atoms with E-state index in [-0.39, 0.29) is 5.56 Å². The van der Waals surface area contributed by atoms with Crippen LogP contribution in [0.4, 0.5) is 0 Å². The molecule has 0 radical (unpaired) electrons. The van der Waals surface area contributed by atoms with Gasteiger partial charge in [0.15, 0.2) is 0 Å². The van der Waals surface area contributed by atoms with Gasteiger partial charge in [0.2, 0.25) is 0 Å². The molecule has 0 unspecified atom stereocenters. The third-order valence-electron chi connectivity index (χ3n) is 10.1. The fraction of sp³-hybridized carbons (Fsp3) is 0.0625. The minimum absolute atomic E-state index is 0.211. The van der Waals surface area contributed by atoms with E-state index in [0.717, 1.165) is 101 Å². The van der Waals surface area contributed by atoms with Gasteiger partial charge in [0.1, 0.15) is 0 Å². The molecule has 4 aromatic rings. The van der Waals surface area contributed by atoms with Crippen LogP contribution in [0.3, 0.4) is 0 Å². The van der Waals surface area contributed by atoms with Crippen molar-refractivity contribution >= 4 is 51.1 Å². The van der Waals surface area contributed by atoms with Gasteiger partial charge in [0.25, 0.3) is 0 Å². The molecule has 0 aromatic heterocycles. The first-order valence-electron chi connectivity index (χ1n) is 17.9. The number of rotatable bonds is 5. The second-order valence-electron chi connectivity index (χ2n) is 13.8. The zero-order chi connectivity index (χ0) is 36.9. The normalized spacial score (nSPS) is 17.2. The summed E-state index contributed by atoms with van der Waals surface area (Å²) in [5.41, 5.74) is 17.3. The van der Waals surface area contributed by atoms with Crippen molar-refractivity contribution in [2.75, 3.05) is 0 Å². The monoisotopic (exact) mass is 698 g/mol.